The van der Waals surface area contributed by atoms with E-state index in [9.17, 15) is 19.2 Å². The molecule has 0 bridgehead atoms. The van der Waals surface area contributed by atoms with Gasteiger partial charge in [-0.2, -0.15) is 0 Å². The Morgan fingerprint density at radius 1 is 0.565 bits per heavy atom. The predicted molar refractivity (Wildman–Crippen MR) is 242 cm³/mol. The maximum atomic E-state index is 13.9. The van der Waals surface area contributed by atoms with E-state index in [2.05, 4.69) is 48.3 Å². The van der Waals surface area contributed by atoms with Crippen LogP contribution in [0.4, 0.5) is 11.6 Å². The summed E-state index contributed by atoms with van der Waals surface area (Å²) in [5.74, 6) is 2.45. The summed E-state index contributed by atoms with van der Waals surface area (Å²) in [6.07, 6.45) is 2.15. The molecule has 0 fully saturated rings. The van der Waals surface area contributed by atoms with Crippen LogP contribution in [-0.2, 0) is 21.1 Å². The molecule has 2 aliphatic heterocycles. The van der Waals surface area contributed by atoms with Gasteiger partial charge in [-0.25, -0.2) is 9.97 Å². The second-order valence-electron chi connectivity index (χ2n) is 18.0. The van der Waals surface area contributed by atoms with Gasteiger partial charge in [-0.15, -0.1) is 0 Å². The third kappa shape index (κ3) is 8.01. The molecule has 4 heterocycles. The van der Waals surface area contributed by atoms with Crippen molar-refractivity contribution in [2.24, 2.45) is 10.8 Å². The number of ether oxygens (including phenoxy) is 2. The maximum absolute atomic E-state index is 13.9. The zero-order chi connectivity index (χ0) is 43.5. The van der Waals surface area contributed by atoms with E-state index in [0.717, 1.165) is 33.6 Å². The van der Waals surface area contributed by atoms with Crippen molar-refractivity contribution in [1.29, 1.82) is 0 Å². The van der Waals surface area contributed by atoms with Crippen molar-refractivity contribution in [3.8, 4) is 11.5 Å². The van der Waals surface area contributed by atoms with E-state index in [1.54, 1.807) is 14.2 Å². The molecule has 0 amide bonds. The van der Waals surface area contributed by atoms with Gasteiger partial charge < -0.3 is 30.1 Å². The number of fused-ring (bicyclic) bond motifs is 2. The number of H-pyrrole nitrogens is 2. The molecule has 3 aromatic carbocycles. The highest BCUT2D eigenvalue weighted by atomic mass is 32.2. The van der Waals surface area contributed by atoms with Crippen LogP contribution in [0.1, 0.15) is 98.6 Å². The average molecular weight is 869 g/mol. The molecule has 0 saturated heterocycles. The molecule has 0 saturated carbocycles. The Kier molecular flexibility index (Phi) is 10.8. The molecular formula is C48H48N6O6S2. The van der Waals surface area contributed by atoms with Crippen LogP contribution in [0.2, 0.25) is 0 Å². The number of allylic oxidation sites excluding steroid dienone is 4. The summed E-state index contributed by atoms with van der Waals surface area (Å²) in [4.78, 5) is 70.9. The lowest BCUT2D eigenvalue weighted by molar-refractivity contribution is -0.119. The number of methoxy groups -OCH3 is 2. The van der Waals surface area contributed by atoms with Gasteiger partial charge in [-0.05, 0) is 70.2 Å². The third-order valence-corrected chi connectivity index (χ3v) is 14.0. The number of Topliss-reactive ketones (excluding diaryl/α,β-unsaturated/α-hetero) is 2. The van der Waals surface area contributed by atoms with Crippen LogP contribution in [0.15, 0.2) is 115 Å². The zero-order valence-electron chi connectivity index (χ0n) is 35.5. The number of carbonyl (C=O) groups is 2. The zero-order valence-corrected chi connectivity index (χ0v) is 37.1. The minimum Gasteiger partial charge on any atom is -0.497 e. The Morgan fingerprint density at radius 3 is 1.29 bits per heavy atom. The Morgan fingerprint density at radius 2 is 0.935 bits per heavy atom. The van der Waals surface area contributed by atoms with E-state index >= 15 is 0 Å². The lowest BCUT2D eigenvalue weighted by atomic mass is 9.69. The predicted octanol–water partition coefficient (Wildman–Crippen LogP) is 8.86. The molecule has 0 spiro atoms. The van der Waals surface area contributed by atoms with Gasteiger partial charge in [0.25, 0.3) is 11.1 Å². The number of aromatic nitrogens is 4. The topological polar surface area (TPSA) is 168 Å². The summed E-state index contributed by atoms with van der Waals surface area (Å²) < 4.78 is 10.8. The van der Waals surface area contributed by atoms with Crippen molar-refractivity contribution in [2.75, 3.05) is 24.9 Å². The smallest absolute Gasteiger partial charge is 0.257 e. The number of hydrogen-bond donors (Lipinski definition) is 4. The van der Waals surface area contributed by atoms with Gasteiger partial charge in [0.05, 0.1) is 25.3 Å². The summed E-state index contributed by atoms with van der Waals surface area (Å²) in [5, 5.41) is 7.78. The fraction of sp³-hybridized carbons (Fsp3) is 0.333. The van der Waals surface area contributed by atoms with E-state index in [-0.39, 0.29) is 33.5 Å². The molecule has 5 aromatic rings. The molecule has 9 rings (SSSR count). The maximum Gasteiger partial charge on any atom is 0.257 e. The van der Waals surface area contributed by atoms with E-state index in [0.29, 0.717) is 92.9 Å². The summed E-state index contributed by atoms with van der Waals surface area (Å²) in [6.45, 7) is 8.34. The van der Waals surface area contributed by atoms with Gasteiger partial charge >= 0.3 is 0 Å². The summed E-state index contributed by atoms with van der Waals surface area (Å²) >= 11 is 2.86. The average Bonchev–Trinajstić information content (AvgIpc) is 3.23. The van der Waals surface area contributed by atoms with Crippen molar-refractivity contribution in [2.45, 2.75) is 87.0 Å². The number of anilines is 2. The van der Waals surface area contributed by atoms with Crippen LogP contribution in [0, 0.1) is 10.8 Å². The van der Waals surface area contributed by atoms with Gasteiger partial charge in [-0.1, -0.05) is 99.7 Å². The van der Waals surface area contributed by atoms with Crippen LogP contribution >= 0.6 is 23.5 Å². The highest BCUT2D eigenvalue weighted by molar-refractivity contribution is 7.98. The van der Waals surface area contributed by atoms with Crippen molar-refractivity contribution < 1.29 is 19.1 Å². The highest BCUT2D eigenvalue weighted by Crippen LogP contribution is 2.49. The van der Waals surface area contributed by atoms with Crippen molar-refractivity contribution in [3.63, 3.8) is 0 Å². The van der Waals surface area contributed by atoms with Crippen LogP contribution in [0.5, 0.6) is 11.5 Å². The van der Waals surface area contributed by atoms with Crippen LogP contribution in [-0.4, -0.2) is 45.7 Å². The van der Waals surface area contributed by atoms with Gasteiger partial charge in [0.15, 0.2) is 21.9 Å². The highest BCUT2D eigenvalue weighted by Gasteiger charge is 2.44. The van der Waals surface area contributed by atoms with Crippen LogP contribution in [0.25, 0.3) is 0 Å². The largest absolute Gasteiger partial charge is 0.497 e. The van der Waals surface area contributed by atoms with Crippen LogP contribution in [0.3, 0.4) is 0 Å². The lowest BCUT2D eigenvalue weighted by Gasteiger charge is -2.38. The molecule has 4 N–H and O–H groups in total. The Balaban J connectivity index is 0.909. The van der Waals surface area contributed by atoms with Crippen molar-refractivity contribution in [1.82, 2.24) is 19.9 Å². The minimum absolute atomic E-state index is 0.0385. The van der Waals surface area contributed by atoms with E-state index in [1.165, 1.54) is 23.5 Å². The summed E-state index contributed by atoms with van der Waals surface area (Å²) in [5.41, 5.74) is 6.53. The van der Waals surface area contributed by atoms with Gasteiger partial charge in [0.1, 0.15) is 23.1 Å². The number of nitrogens with one attached hydrogen (secondary N) is 4. The summed E-state index contributed by atoms with van der Waals surface area (Å²) in [7, 11) is 3.21. The van der Waals surface area contributed by atoms with E-state index in [4.69, 9.17) is 19.4 Å². The van der Waals surface area contributed by atoms with Crippen molar-refractivity contribution in [3.05, 3.63) is 149 Å². The molecule has 2 aromatic heterocycles. The van der Waals surface area contributed by atoms with Gasteiger partial charge in [-0.3, -0.25) is 19.2 Å². The molecule has 2 aliphatic carbocycles. The van der Waals surface area contributed by atoms with Gasteiger partial charge in [0, 0.05) is 58.7 Å². The second-order valence-corrected chi connectivity index (χ2v) is 19.9. The lowest BCUT2D eigenvalue weighted by Crippen LogP contribution is -2.37. The number of nitrogens with zero attached hydrogens (tertiary/aromatic N) is 2. The number of carbonyl (C=O) groups excluding carboxylic acids is 2. The quantitative estimate of drug-likeness (QED) is 0.0779. The third-order valence-electron chi connectivity index (χ3n) is 12.1. The molecule has 2 atom stereocenters. The molecule has 14 heteroatoms. The van der Waals surface area contributed by atoms with E-state index < -0.39 is 11.8 Å². The molecule has 0 radical (unpaired) electrons. The first kappa shape index (κ1) is 41.5. The second kappa shape index (κ2) is 16.1. The standard InChI is InChI=1S/C48H48N6O6S2/c1-47(2)19-31-37(33(55)21-47)35(27-11-15-29(59-5)16-12-27)39-41(49-31)51-45(53-43(39)57)61-23-25-7-9-26(10-8-25)24-62-46-52-42-40(44(58)54-46)36(28-13-17-30(60-6)18-14-28)38-32(50-42)20-48(3,4)22-34(38)56/h7-18,35-36H,19-24H2,1-6H3,(H2,49,51,53,57)(H2,50,52,54,58). The molecule has 62 heavy (non-hydrogen) atoms. The fourth-order valence-electron chi connectivity index (χ4n) is 9.22. The first-order valence-electron chi connectivity index (χ1n) is 20.7. The number of aromatic amines is 2. The van der Waals surface area contributed by atoms with E-state index in [1.807, 2.05) is 72.8 Å². The molecule has 12 nitrogen and oxygen atoms in total. The van der Waals surface area contributed by atoms with Crippen LogP contribution < -0.4 is 31.2 Å². The molecule has 4 aliphatic rings. The SMILES string of the molecule is COc1ccc(C2C3=C(CC(C)(C)CC3=O)Nc3nc(SCc4ccc(CSc5nc6c(c(=O)[nH]5)C(c5ccc(OC)cc5)C5=C(CC(C)(C)CC5=O)N6)cc4)[nH]c(=O)c32)cc1. The Bertz CT molecular complexity index is 2620. The first-order valence-corrected chi connectivity index (χ1v) is 22.6. The molecule has 2 unspecified atom stereocenters. The summed E-state index contributed by atoms with van der Waals surface area (Å²) in [6, 6.07) is 23.2. The first-order chi connectivity index (χ1) is 29.7. The molecule has 318 valence electrons. The monoisotopic (exact) mass is 868 g/mol. The Hall–Kier alpha value is -5.86. The number of thioether (sulfide) groups is 2. The molecular weight excluding hydrogens is 821 g/mol. The number of rotatable bonds is 10. The fourth-order valence-corrected chi connectivity index (χ4v) is 10.9. The van der Waals surface area contributed by atoms with Gasteiger partial charge in [0.2, 0.25) is 0 Å². The van der Waals surface area contributed by atoms with Crippen molar-refractivity contribution >= 4 is 46.7 Å². The normalized spacial score (nSPS) is 19.7. The number of hydrogen-bond acceptors (Lipinski definition) is 12. The number of ketones is 2. The minimum atomic E-state index is -0.543. The Labute approximate surface area is 367 Å². The number of benzene rings is 3.